The highest BCUT2D eigenvalue weighted by atomic mass is 32.2. The summed E-state index contributed by atoms with van der Waals surface area (Å²) in [6.07, 6.45) is 0. The number of nitrogens with zero attached hydrogens (tertiary/aromatic N) is 1. The molecular formula is C12H18N2O4S. The minimum atomic E-state index is -3.50. The zero-order valence-electron chi connectivity index (χ0n) is 11.4. The van der Waals surface area contributed by atoms with Gasteiger partial charge in [0.25, 0.3) is 0 Å². The van der Waals surface area contributed by atoms with Crippen molar-refractivity contribution < 1.29 is 18.0 Å². The first kappa shape index (κ1) is 14.2. The molecule has 7 heteroatoms. The van der Waals surface area contributed by atoms with Crippen LogP contribution in [0.5, 0.6) is 0 Å². The average Bonchev–Trinajstić information content (AvgIpc) is 2.24. The first-order valence-corrected chi connectivity index (χ1v) is 7.75. The van der Waals surface area contributed by atoms with Gasteiger partial charge < -0.3 is 5.73 Å². The van der Waals surface area contributed by atoms with E-state index in [2.05, 4.69) is 0 Å². The van der Waals surface area contributed by atoms with Gasteiger partial charge in [-0.1, -0.05) is 20.8 Å². The highest BCUT2D eigenvalue weighted by molar-refractivity contribution is 7.92. The topological polar surface area (TPSA) is 97.5 Å². The number of hydrogen-bond donors (Lipinski definition) is 1. The molecule has 2 aliphatic rings. The summed E-state index contributed by atoms with van der Waals surface area (Å²) >= 11 is 0. The second-order valence-electron chi connectivity index (χ2n) is 6.14. The lowest BCUT2D eigenvalue weighted by Gasteiger charge is -2.48. The number of allylic oxidation sites excluding steroid dienone is 1. The van der Waals surface area contributed by atoms with E-state index >= 15 is 0 Å². The van der Waals surface area contributed by atoms with Gasteiger partial charge in [-0.05, 0) is 12.5 Å². The first-order chi connectivity index (χ1) is 8.48. The van der Waals surface area contributed by atoms with E-state index < -0.39 is 32.6 Å². The quantitative estimate of drug-likeness (QED) is 0.673. The molecule has 0 aromatic heterocycles. The van der Waals surface area contributed by atoms with Crippen LogP contribution >= 0.6 is 0 Å². The van der Waals surface area contributed by atoms with Crippen molar-refractivity contribution in [2.45, 2.75) is 39.1 Å². The van der Waals surface area contributed by atoms with Gasteiger partial charge in [-0.2, -0.15) is 0 Å². The molecule has 2 aliphatic heterocycles. The van der Waals surface area contributed by atoms with Crippen LogP contribution in [0, 0.1) is 5.41 Å². The van der Waals surface area contributed by atoms with E-state index in [0.717, 1.165) is 4.90 Å². The molecule has 0 aliphatic carbocycles. The first-order valence-electron chi connectivity index (χ1n) is 6.03. The van der Waals surface area contributed by atoms with Crippen molar-refractivity contribution in [3.63, 3.8) is 0 Å². The number of β-lactam (4-membered cyclic amide) rings is 1. The minimum Gasteiger partial charge on any atom is -0.317 e. The van der Waals surface area contributed by atoms with Crippen molar-refractivity contribution in [1.82, 2.24) is 4.90 Å². The summed E-state index contributed by atoms with van der Waals surface area (Å²) in [5, 5.41) is -1.08. The van der Waals surface area contributed by atoms with Crippen molar-refractivity contribution in [2.75, 3.05) is 5.75 Å². The van der Waals surface area contributed by atoms with E-state index in [-0.39, 0.29) is 17.2 Å². The fraction of sp³-hybridized carbons (Fsp3) is 0.667. The Hall–Kier alpha value is -1.21. The molecule has 6 nitrogen and oxygen atoms in total. The van der Waals surface area contributed by atoms with Crippen LogP contribution in [0.25, 0.3) is 0 Å². The molecule has 0 unspecified atom stereocenters. The SMILES string of the molecule is CC1=C(C(=O)C(C)(C)C)N2C(=O)[C@@H](N)[C@H]2S(=O)(=O)C1. The number of hydrogen-bond acceptors (Lipinski definition) is 5. The monoisotopic (exact) mass is 286 g/mol. The van der Waals surface area contributed by atoms with Crippen molar-refractivity contribution in [2.24, 2.45) is 11.1 Å². The number of ketones is 1. The van der Waals surface area contributed by atoms with Gasteiger partial charge in [-0.15, -0.1) is 0 Å². The highest BCUT2D eigenvalue weighted by Gasteiger charge is 2.58. The fourth-order valence-corrected chi connectivity index (χ4v) is 4.43. The lowest BCUT2D eigenvalue weighted by Crippen LogP contribution is -2.73. The predicted octanol–water partition coefficient (Wildman–Crippen LogP) is -0.200. The number of carbonyl (C=O) groups excluding carboxylic acids is 2. The van der Waals surface area contributed by atoms with Gasteiger partial charge in [0, 0.05) is 5.41 Å². The molecule has 2 heterocycles. The molecule has 0 aromatic carbocycles. The third kappa shape index (κ3) is 1.92. The molecule has 0 spiro atoms. The lowest BCUT2D eigenvalue weighted by molar-refractivity contribution is -0.145. The normalized spacial score (nSPS) is 29.9. The molecule has 0 bridgehead atoms. The number of nitrogens with two attached hydrogens (primary N) is 1. The summed E-state index contributed by atoms with van der Waals surface area (Å²) in [6.45, 7) is 6.78. The Morgan fingerprint density at radius 3 is 2.37 bits per heavy atom. The molecule has 2 rings (SSSR count). The van der Waals surface area contributed by atoms with E-state index in [1.54, 1.807) is 27.7 Å². The second kappa shape index (κ2) is 3.89. The second-order valence-corrected chi connectivity index (χ2v) is 8.24. The summed E-state index contributed by atoms with van der Waals surface area (Å²) in [5.41, 5.74) is 5.51. The molecule has 1 amide bonds. The number of amides is 1. The maximum absolute atomic E-state index is 12.4. The van der Waals surface area contributed by atoms with E-state index in [1.807, 2.05) is 0 Å². The van der Waals surface area contributed by atoms with Crippen LogP contribution in [-0.2, 0) is 19.4 Å². The van der Waals surface area contributed by atoms with Gasteiger partial charge in [-0.3, -0.25) is 14.5 Å². The molecular weight excluding hydrogens is 268 g/mol. The molecule has 19 heavy (non-hydrogen) atoms. The Labute approximate surface area is 112 Å². The summed E-state index contributed by atoms with van der Waals surface area (Å²) in [5.74, 6) is -0.947. The Bertz CT molecular complexity index is 598. The van der Waals surface area contributed by atoms with E-state index in [9.17, 15) is 18.0 Å². The molecule has 1 saturated heterocycles. The van der Waals surface area contributed by atoms with E-state index in [0.29, 0.717) is 5.57 Å². The number of Topliss-reactive ketones (excluding diaryl/α,β-unsaturated/α-hetero) is 1. The van der Waals surface area contributed by atoms with Crippen molar-refractivity contribution >= 4 is 21.5 Å². The predicted molar refractivity (Wildman–Crippen MR) is 69.6 cm³/mol. The minimum absolute atomic E-state index is 0.207. The molecule has 1 fully saturated rings. The lowest BCUT2D eigenvalue weighted by atomic mass is 9.85. The van der Waals surface area contributed by atoms with Crippen LogP contribution in [0.1, 0.15) is 27.7 Å². The number of fused-ring (bicyclic) bond motifs is 1. The van der Waals surface area contributed by atoms with Crippen molar-refractivity contribution in [3.8, 4) is 0 Å². The van der Waals surface area contributed by atoms with E-state index in [4.69, 9.17) is 5.73 Å². The Kier molecular flexibility index (Phi) is 2.91. The van der Waals surface area contributed by atoms with E-state index in [1.165, 1.54) is 0 Å². The van der Waals surface area contributed by atoms with Crippen molar-refractivity contribution in [3.05, 3.63) is 11.3 Å². The van der Waals surface area contributed by atoms with Gasteiger partial charge in [0.2, 0.25) is 5.91 Å². The Morgan fingerprint density at radius 1 is 1.37 bits per heavy atom. The van der Waals surface area contributed by atoms with Crippen LogP contribution in [0.3, 0.4) is 0 Å². The van der Waals surface area contributed by atoms with Gasteiger partial charge in [0.15, 0.2) is 21.0 Å². The third-order valence-corrected chi connectivity index (χ3v) is 5.49. The number of carbonyl (C=O) groups is 2. The van der Waals surface area contributed by atoms with Crippen LogP contribution in [0.2, 0.25) is 0 Å². The molecule has 0 saturated carbocycles. The summed E-state index contributed by atoms with van der Waals surface area (Å²) in [7, 11) is -3.50. The Morgan fingerprint density at radius 2 is 1.89 bits per heavy atom. The maximum atomic E-state index is 12.4. The third-order valence-electron chi connectivity index (χ3n) is 3.41. The van der Waals surface area contributed by atoms with Crippen LogP contribution in [0.15, 0.2) is 11.3 Å². The largest absolute Gasteiger partial charge is 0.317 e. The smallest absolute Gasteiger partial charge is 0.248 e. The molecule has 2 N–H and O–H groups in total. The zero-order chi connectivity index (χ0) is 14.7. The average molecular weight is 286 g/mol. The summed E-state index contributed by atoms with van der Waals surface area (Å²) in [4.78, 5) is 25.3. The highest BCUT2D eigenvalue weighted by Crippen LogP contribution is 2.38. The molecule has 0 aromatic rings. The zero-order valence-corrected chi connectivity index (χ0v) is 12.2. The molecule has 0 radical (unpaired) electrons. The van der Waals surface area contributed by atoms with Crippen LogP contribution < -0.4 is 5.73 Å². The van der Waals surface area contributed by atoms with Gasteiger partial charge >= 0.3 is 0 Å². The number of sulfone groups is 1. The van der Waals surface area contributed by atoms with Gasteiger partial charge in [0.05, 0.1) is 11.4 Å². The molecule has 2 atom stereocenters. The molecule has 106 valence electrons. The maximum Gasteiger partial charge on any atom is 0.248 e. The fourth-order valence-electron chi connectivity index (χ4n) is 2.43. The van der Waals surface area contributed by atoms with Crippen LogP contribution in [-0.4, -0.2) is 42.2 Å². The van der Waals surface area contributed by atoms with Gasteiger partial charge in [0.1, 0.15) is 6.04 Å². The summed E-state index contributed by atoms with van der Waals surface area (Å²) in [6, 6.07) is -1.05. The standard InChI is InChI=1S/C12H18N2O4S/c1-6-5-19(17,18)11-7(13)10(16)14(11)8(6)9(15)12(2,3)4/h7,11H,5,13H2,1-4H3/t7-,11-/m1/s1. The van der Waals surface area contributed by atoms with Gasteiger partial charge in [-0.25, -0.2) is 8.42 Å². The van der Waals surface area contributed by atoms with Crippen molar-refractivity contribution in [1.29, 1.82) is 0 Å². The summed E-state index contributed by atoms with van der Waals surface area (Å²) < 4.78 is 24.0. The Balaban J connectivity index is 2.55. The number of rotatable bonds is 1. The van der Waals surface area contributed by atoms with Crippen LogP contribution in [0.4, 0.5) is 0 Å².